The number of anilines is 1. The number of carbonyl (C=O) groups is 2. The van der Waals surface area contributed by atoms with Gasteiger partial charge in [0.25, 0.3) is 11.8 Å². The van der Waals surface area contributed by atoms with E-state index in [0.717, 1.165) is 25.1 Å². The summed E-state index contributed by atoms with van der Waals surface area (Å²) < 4.78 is 1.57. The molecule has 0 aliphatic carbocycles. The molecule has 1 aromatic carbocycles. The zero-order chi connectivity index (χ0) is 21.3. The average Bonchev–Trinajstić information content (AvgIpc) is 3.37. The zero-order valence-corrected chi connectivity index (χ0v) is 18.0. The summed E-state index contributed by atoms with van der Waals surface area (Å²) in [5, 5.41) is 11.1. The molecule has 0 saturated carbocycles. The van der Waals surface area contributed by atoms with Gasteiger partial charge in [0.15, 0.2) is 11.4 Å². The van der Waals surface area contributed by atoms with Crippen LogP contribution in [0.3, 0.4) is 0 Å². The minimum Gasteiger partial charge on any atom is -0.372 e. The molecular weight excluding hydrogens is 380 g/mol. The Morgan fingerprint density at radius 2 is 1.93 bits per heavy atom. The number of nitrogens with zero attached hydrogens (tertiary/aromatic N) is 5. The number of fused-ring (bicyclic) bond motifs is 1. The van der Waals surface area contributed by atoms with Crippen LogP contribution in [0.2, 0.25) is 0 Å². The molecule has 1 aromatic heterocycles. The Hall–Kier alpha value is -2.90. The van der Waals surface area contributed by atoms with E-state index in [1.165, 1.54) is 18.5 Å². The summed E-state index contributed by atoms with van der Waals surface area (Å²) in [5.41, 5.74) is 2.64. The van der Waals surface area contributed by atoms with Gasteiger partial charge >= 0.3 is 0 Å². The summed E-state index contributed by atoms with van der Waals surface area (Å²) in [6.45, 7) is 7.44. The predicted molar refractivity (Wildman–Crippen MR) is 114 cm³/mol. The van der Waals surface area contributed by atoms with Crippen LogP contribution in [-0.4, -0.2) is 57.9 Å². The van der Waals surface area contributed by atoms with E-state index in [1.807, 2.05) is 0 Å². The summed E-state index contributed by atoms with van der Waals surface area (Å²) in [4.78, 5) is 29.6. The molecule has 2 aliphatic heterocycles. The van der Waals surface area contributed by atoms with Crippen LogP contribution in [0.5, 0.6) is 0 Å². The van der Waals surface area contributed by atoms with Gasteiger partial charge in [0.2, 0.25) is 0 Å². The summed E-state index contributed by atoms with van der Waals surface area (Å²) >= 11 is 0. The monoisotopic (exact) mass is 410 g/mol. The van der Waals surface area contributed by atoms with Gasteiger partial charge in [-0.15, -0.1) is 5.10 Å². The minimum absolute atomic E-state index is 0.0153. The molecule has 4 rings (SSSR count). The standard InChI is InChI=1S/C22H30N6O2/c1-15(2)12-17-14-28-20(21(29)23-17)19(24-25-28)22(30)26(3)13-16-6-8-18(9-7-16)27-10-4-5-11-27/h6-9,15,17H,4-5,10-14H2,1-3H3,(H,23,29)/t17-/m0/s1. The topological polar surface area (TPSA) is 83.4 Å². The van der Waals surface area contributed by atoms with E-state index in [9.17, 15) is 9.59 Å². The fourth-order valence-corrected chi connectivity index (χ4v) is 4.33. The number of amides is 2. The number of aromatic nitrogens is 3. The van der Waals surface area contributed by atoms with E-state index in [4.69, 9.17) is 0 Å². The maximum Gasteiger partial charge on any atom is 0.276 e. The molecule has 3 heterocycles. The fourth-order valence-electron chi connectivity index (χ4n) is 4.33. The molecule has 0 spiro atoms. The molecule has 0 bridgehead atoms. The van der Waals surface area contributed by atoms with Crippen molar-refractivity contribution in [3.05, 3.63) is 41.2 Å². The van der Waals surface area contributed by atoms with Gasteiger partial charge in [0, 0.05) is 38.4 Å². The molecule has 1 atom stereocenters. The van der Waals surface area contributed by atoms with Gasteiger partial charge in [-0.05, 0) is 42.9 Å². The van der Waals surface area contributed by atoms with Crippen LogP contribution in [0.25, 0.3) is 0 Å². The van der Waals surface area contributed by atoms with Gasteiger partial charge < -0.3 is 15.1 Å². The second kappa shape index (κ2) is 8.45. The Kier molecular flexibility index (Phi) is 5.74. The van der Waals surface area contributed by atoms with Gasteiger partial charge in [-0.2, -0.15) is 0 Å². The van der Waals surface area contributed by atoms with Crippen LogP contribution in [0.15, 0.2) is 24.3 Å². The minimum atomic E-state index is -0.294. The van der Waals surface area contributed by atoms with Crippen LogP contribution in [0, 0.1) is 5.92 Å². The first-order valence-electron chi connectivity index (χ1n) is 10.8. The Labute approximate surface area is 177 Å². The van der Waals surface area contributed by atoms with Crippen molar-refractivity contribution in [3.8, 4) is 0 Å². The number of benzene rings is 1. The molecule has 30 heavy (non-hydrogen) atoms. The van der Waals surface area contributed by atoms with E-state index in [1.54, 1.807) is 16.6 Å². The highest BCUT2D eigenvalue weighted by atomic mass is 16.2. The predicted octanol–water partition coefficient (Wildman–Crippen LogP) is 2.31. The third-order valence-electron chi connectivity index (χ3n) is 5.81. The summed E-state index contributed by atoms with van der Waals surface area (Å²) in [7, 11) is 1.73. The van der Waals surface area contributed by atoms with Gasteiger partial charge in [0.05, 0.1) is 6.54 Å². The maximum absolute atomic E-state index is 13.0. The molecular formula is C22H30N6O2. The first-order valence-corrected chi connectivity index (χ1v) is 10.8. The number of rotatable bonds is 6. The van der Waals surface area contributed by atoms with E-state index >= 15 is 0 Å². The third-order valence-corrected chi connectivity index (χ3v) is 5.81. The fraction of sp³-hybridized carbons (Fsp3) is 0.545. The summed E-state index contributed by atoms with van der Waals surface area (Å²) in [5.74, 6) is -0.106. The first kappa shape index (κ1) is 20.4. The van der Waals surface area contributed by atoms with Crippen molar-refractivity contribution in [1.29, 1.82) is 0 Å². The van der Waals surface area contributed by atoms with Gasteiger partial charge in [-0.1, -0.05) is 31.2 Å². The SMILES string of the molecule is CC(C)C[C@H]1Cn2nnc(C(=O)N(C)Cc3ccc(N4CCCC4)cc3)c2C(=O)N1. The van der Waals surface area contributed by atoms with Crippen LogP contribution < -0.4 is 10.2 Å². The number of hydrogen-bond donors (Lipinski definition) is 1. The lowest BCUT2D eigenvalue weighted by Gasteiger charge is -2.26. The van der Waals surface area contributed by atoms with Crippen molar-refractivity contribution in [2.75, 3.05) is 25.0 Å². The highest BCUT2D eigenvalue weighted by Gasteiger charge is 2.33. The van der Waals surface area contributed by atoms with Crippen molar-refractivity contribution in [2.45, 2.75) is 52.2 Å². The van der Waals surface area contributed by atoms with Crippen molar-refractivity contribution in [2.24, 2.45) is 5.92 Å². The van der Waals surface area contributed by atoms with E-state index < -0.39 is 0 Å². The lowest BCUT2D eigenvalue weighted by atomic mass is 10.0. The smallest absolute Gasteiger partial charge is 0.276 e. The lowest BCUT2D eigenvalue weighted by Crippen LogP contribution is -2.46. The number of hydrogen-bond acceptors (Lipinski definition) is 5. The molecule has 0 radical (unpaired) electrons. The molecule has 0 unspecified atom stereocenters. The van der Waals surface area contributed by atoms with Gasteiger partial charge in [0.1, 0.15) is 0 Å². The zero-order valence-electron chi connectivity index (χ0n) is 18.0. The largest absolute Gasteiger partial charge is 0.372 e. The van der Waals surface area contributed by atoms with E-state index in [-0.39, 0.29) is 29.2 Å². The number of nitrogens with one attached hydrogen (secondary N) is 1. The molecule has 1 fully saturated rings. The highest BCUT2D eigenvalue weighted by molar-refractivity contribution is 6.05. The second-order valence-corrected chi connectivity index (χ2v) is 8.79. The van der Waals surface area contributed by atoms with Gasteiger partial charge in [-0.3, -0.25) is 9.59 Å². The molecule has 1 N–H and O–H groups in total. The average molecular weight is 411 g/mol. The summed E-state index contributed by atoms with van der Waals surface area (Å²) in [6, 6.07) is 8.35. The molecule has 2 aliphatic rings. The second-order valence-electron chi connectivity index (χ2n) is 8.79. The van der Waals surface area contributed by atoms with E-state index in [0.29, 0.717) is 19.0 Å². The van der Waals surface area contributed by atoms with Crippen LogP contribution in [0.4, 0.5) is 5.69 Å². The van der Waals surface area contributed by atoms with Crippen molar-refractivity contribution in [3.63, 3.8) is 0 Å². The van der Waals surface area contributed by atoms with Crippen molar-refractivity contribution < 1.29 is 9.59 Å². The van der Waals surface area contributed by atoms with Crippen LogP contribution >= 0.6 is 0 Å². The molecule has 8 nitrogen and oxygen atoms in total. The molecule has 160 valence electrons. The van der Waals surface area contributed by atoms with Crippen LogP contribution in [0.1, 0.15) is 59.7 Å². The van der Waals surface area contributed by atoms with E-state index in [2.05, 4.69) is 58.6 Å². The van der Waals surface area contributed by atoms with Crippen molar-refractivity contribution >= 4 is 17.5 Å². The number of carbonyl (C=O) groups excluding carboxylic acids is 2. The Morgan fingerprint density at radius 1 is 1.23 bits per heavy atom. The molecule has 2 amide bonds. The molecule has 8 heteroatoms. The Balaban J connectivity index is 1.43. The normalized spacial score (nSPS) is 18.5. The highest BCUT2D eigenvalue weighted by Crippen LogP contribution is 2.22. The molecule has 2 aromatic rings. The van der Waals surface area contributed by atoms with Crippen LogP contribution in [-0.2, 0) is 13.1 Å². The molecule has 1 saturated heterocycles. The third kappa shape index (κ3) is 4.17. The Morgan fingerprint density at radius 3 is 2.60 bits per heavy atom. The lowest BCUT2D eigenvalue weighted by molar-refractivity contribution is 0.0766. The quantitative estimate of drug-likeness (QED) is 0.790. The van der Waals surface area contributed by atoms with Gasteiger partial charge in [-0.25, -0.2) is 4.68 Å². The maximum atomic E-state index is 13.0. The van der Waals surface area contributed by atoms with Crippen molar-refractivity contribution in [1.82, 2.24) is 25.2 Å². The first-order chi connectivity index (χ1) is 14.4. The Bertz CT molecular complexity index is 914. The summed E-state index contributed by atoms with van der Waals surface area (Å²) in [6.07, 6.45) is 3.35.